The van der Waals surface area contributed by atoms with Gasteiger partial charge in [-0.15, -0.1) is 0 Å². The van der Waals surface area contributed by atoms with Gasteiger partial charge in [0.15, 0.2) is 5.65 Å². The Morgan fingerprint density at radius 1 is 1.11 bits per heavy atom. The first-order valence-corrected chi connectivity index (χ1v) is 8.96. The Hall–Kier alpha value is -3.22. The Kier molecular flexibility index (Phi) is 4.14. The molecule has 0 atom stereocenters. The lowest BCUT2D eigenvalue weighted by atomic mass is 10.1. The molecule has 7 heteroatoms. The van der Waals surface area contributed by atoms with Gasteiger partial charge in [0, 0.05) is 18.8 Å². The molecule has 4 rings (SSSR count). The molecule has 1 fully saturated rings. The molecule has 1 aliphatic carbocycles. The molecule has 2 N–H and O–H groups in total. The lowest BCUT2D eigenvalue weighted by Gasteiger charge is -2.12. The summed E-state index contributed by atoms with van der Waals surface area (Å²) in [6.07, 6.45) is 2.02. The van der Waals surface area contributed by atoms with E-state index in [1.807, 2.05) is 13.8 Å². The zero-order valence-corrected chi connectivity index (χ0v) is 15.5. The maximum atomic E-state index is 13.0. The molecule has 0 aliphatic heterocycles. The Balaban J connectivity index is 1.69. The molecule has 0 bridgehead atoms. The van der Waals surface area contributed by atoms with E-state index in [2.05, 4.69) is 20.7 Å². The number of pyridine rings is 1. The van der Waals surface area contributed by atoms with Gasteiger partial charge in [-0.1, -0.05) is 12.1 Å². The second kappa shape index (κ2) is 6.50. The van der Waals surface area contributed by atoms with Gasteiger partial charge in [0.1, 0.15) is 0 Å². The van der Waals surface area contributed by atoms with Crippen LogP contribution in [0.1, 0.15) is 44.9 Å². The van der Waals surface area contributed by atoms with Crippen molar-refractivity contribution in [1.82, 2.24) is 20.1 Å². The number of rotatable bonds is 4. The normalized spacial score (nSPS) is 13.6. The third-order valence-corrected chi connectivity index (χ3v) is 4.67. The van der Waals surface area contributed by atoms with Crippen LogP contribution in [-0.2, 0) is 7.05 Å². The fraction of sp³-hybridized carbons (Fsp3) is 0.300. The topological polar surface area (TPSA) is 88.9 Å². The van der Waals surface area contributed by atoms with Crippen LogP contribution in [0, 0.1) is 13.8 Å². The van der Waals surface area contributed by atoms with E-state index >= 15 is 0 Å². The summed E-state index contributed by atoms with van der Waals surface area (Å²) < 4.78 is 1.67. The number of benzene rings is 1. The Morgan fingerprint density at radius 3 is 2.59 bits per heavy atom. The predicted molar refractivity (Wildman–Crippen MR) is 103 cm³/mol. The zero-order chi connectivity index (χ0) is 19.1. The standard InChI is InChI=1S/C20H21N5O2/c1-11-10-15(17-12(2)24-25(3)18(17)21-11)20(27)23-16-7-5-4-6-14(16)19(26)22-13-8-9-13/h4-7,10,13H,8-9H2,1-3H3,(H,22,26)(H,23,27). The highest BCUT2D eigenvalue weighted by molar-refractivity contribution is 6.14. The predicted octanol–water partition coefficient (Wildman–Crippen LogP) is 2.73. The van der Waals surface area contributed by atoms with Crippen LogP contribution in [-0.4, -0.2) is 32.6 Å². The molecule has 1 aromatic carbocycles. The highest BCUT2D eigenvalue weighted by atomic mass is 16.2. The van der Waals surface area contributed by atoms with Crippen molar-refractivity contribution >= 4 is 28.5 Å². The van der Waals surface area contributed by atoms with Crippen LogP contribution in [0.3, 0.4) is 0 Å². The number of carbonyl (C=O) groups excluding carboxylic acids is 2. The fourth-order valence-corrected chi connectivity index (χ4v) is 3.22. The van der Waals surface area contributed by atoms with Crippen molar-refractivity contribution in [2.24, 2.45) is 7.05 Å². The van der Waals surface area contributed by atoms with Gasteiger partial charge in [-0.3, -0.25) is 14.3 Å². The number of nitrogens with zero attached hydrogens (tertiary/aromatic N) is 3. The molecule has 0 spiro atoms. The number of hydrogen-bond acceptors (Lipinski definition) is 4. The number of aromatic nitrogens is 3. The SMILES string of the molecule is Cc1cc(C(=O)Nc2ccccc2C(=O)NC2CC2)c2c(C)nn(C)c2n1. The molecule has 0 saturated heterocycles. The van der Waals surface area contributed by atoms with Crippen LogP contribution in [0.2, 0.25) is 0 Å². The number of aryl methyl sites for hydroxylation is 3. The average molecular weight is 363 g/mol. The number of amides is 2. The summed E-state index contributed by atoms with van der Waals surface area (Å²) in [5.74, 6) is -0.449. The Morgan fingerprint density at radius 2 is 1.85 bits per heavy atom. The van der Waals surface area contributed by atoms with Crippen LogP contribution < -0.4 is 10.6 Å². The molecule has 7 nitrogen and oxygen atoms in total. The number of hydrogen-bond donors (Lipinski definition) is 2. The van der Waals surface area contributed by atoms with Gasteiger partial charge in [0.25, 0.3) is 11.8 Å². The fourth-order valence-electron chi connectivity index (χ4n) is 3.22. The molecule has 27 heavy (non-hydrogen) atoms. The van der Waals surface area contributed by atoms with Gasteiger partial charge in [0.05, 0.1) is 27.9 Å². The Bertz CT molecular complexity index is 1070. The molecule has 0 radical (unpaired) electrons. The molecule has 1 saturated carbocycles. The third kappa shape index (κ3) is 3.28. The lowest BCUT2D eigenvalue weighted by Crippen LogP contribution is -2.27. The number of nitrogens with one attached hydrogen (secondary N) is 2. The zero-order valence-electron chi connectivity index (χ0n) is 15.5. The number of fused-ring (bicyclic) bond motifs is 1. The van der Waals surface area contributed by atoms with Crippen LogP contribution in [0.5, 0.6) is 0 Å². The van der Waals surface area contributed by atoms with E-state index in [0.717, 1.165) is 29.6 Å². The molecule has 0 unspecified atom stereocenters. The summed E-state index contributed by atoms with van der Waals surface area (Å²) in [6, 6.07) is 9.04. The largest absolute Gasteiger partial charge is 0.349 e. The average Bonchev–Trinajstić information content (AvgIpc) is 3.40. The van der Waals surface area contributed by atoms with Crippen molar-refractivity contribution in [3.05, 3.63) is 52.8 Å². The molecular formula is C20H21N5O2. The van der Waals surface area contributed by atoms with E-state index in [9.17, 15) is 9.59 Å². The molecule has 2 amide bonds. The van der Waals surface area contributed by atoms with Crippen LogP contribution in [0.15, 0.2) is 30.3 Å². The number of carbonyl (C=O) groups is 2. The highest BCUT2D eigenvalue weighted by Gasteiger charge is 2.25. The Labute approximate surface area is 156 Å². The number of anilines is 1. The quantitative estimate of drug-likeness (QED) is 0.746. The van der Waals surface area contributed by atoms with Gasteiger partial charge in [-0.25, -0.2) is 4.98 Å². The van der Waals surface area contributed by atoms with Gasteiger partial charge in [-0.05, 0) is 44.9 Å². The summed E-state index contributed by atoms with van der Waals surface area (Å²) >= 11 is 0. The maximum Gasteiger partial charge on any atom is 0.256 e. The van der Waals surface area contributed by atoms with Crippen molar-refractivity contribution in [3.63, 3.8) is 0 Å². The van der Waals surface area contributed by atoms with Gasteiger partial charge < -0.3 is 10.6 Å². The molecule has 2 heterocycles. The van der Waals surface area contributed by atoms with E-state index in [1.165, 1.54) is 0 Å². The van der Waals surface area contributed by atoms with Gasteiger partial charge in [0.2, 0.25) is 0 Å². The smallest absolute Gasteiger partial charge is 0.256 e. The summed E-state index contributed by atoms with van der Waals surface area (Å²) in [6.45, 7) is 3.70. The van der Waals surface area contributed by atoms with Crippen LogP contribution in [0.25, 0.3) is 11.0 Å². The minimum atomic E-state index is -0.284. The molecule has 138 valence electrons. The van der Waals surface area contributed by atoms with Crippen molar-refractivity contribution in [1.29, 1.82) is 0 Å². The molecule has 2 aromatic heterocycles. The van der Waals surface area contributed by atoms with Crippen molar-refractivity contribution in [2.75, 3.05) is 5.32 Å². The maximum absolute atomic E-state index is 13.0. The van der Waals surface area contributed by atoms with Crippen LogP contribution in [0.4, 0.5) is 5.69 Å². The van der Waals surface area contributed by atoms with E-state index in [0.29, 0.717) is 22.5 Å². The van der Waals surface area contributed by atoms with Crippen LogP contribution >= 0.6 is 0 Å². The monoisotopic (exact) mass is 363 g/mol. The first-order chi connectivity index (χ1) is 12.9. The van der Waals surface area contributed by atoms with E-state index in [-0.39, 0.29) is 17.9 Å². The molecular weight excluding hydrogens is 342 g/mol. The van der Waals surface area contributed by atoms with E-state index < -0.39 is 0 Å². The first-order valence-electron chi connectivity index (χ1n) is 8.96. The second-order valence-electron chi connectivity index (χ2n) is 6.97. The molecule has 1 aliphatic rings. The minimum absolute atomic E-state index is 0.165. The highest BCUT2D eigenvalue weighted by Crippen LogP contribution is 2.25. The van der Waals surface area contributed by atoms with Crippen molar-refractivity contribution in [2.45, 2.75) is 32.7 Å². The second-order valence-corrected chi connectivity index (χ2v) is 6.97. The van der Waals surface area contributed by atoms with E-state index in [4.69, 9.17) is 0 Å². The first kappa shape index (κ1) is 17.2. The summed E-state index contributed by atoms with van der Waals surface area (Å²) in [7, 11) is 1.81. The third-order valence-electron chi connectivity index (χ3n) is 4.67. The number of para-hydroxylation sites is 1. The summed E-state index contributed by atoms with van der Waals surface area (Å²) in [5.41, 5.74) is 3.59. The van der Waals surface area contributed by atoms with Crippen molar-refractivity contribution < 1.29 is 9.59 Å². The molecule has 3 aromatic rings. The van der Waals surface area contributed by atoms with Gasteiger partial charge >= 0.3 is 0 Å². The summed E-state index contributed by atoms with van der Waals surface area (Å²) in [4.78, 5) is 30.0. The lowest BCUT2D eigenvalue weighted by molar-refractivity contribution is 0.0952. The minimum Gasteiger partial charge on any atom is -0.349 e. The van der Waals surface area contributed by atoms with Gasteiger partial charge in [-0.2, -0.15) is 5.10 Å². The van der Waals surface area contributed by atoms with Crippen molar-refractivity contribution in [3.8, 4) is 0 Å². The summed E-state index contributed by atoms with van der Waals surface area (Å²) in [5, 5.41) is 11.0. The van der Waals surface area contributed by atoms with E-state index in [1.54, 1.807) is 42.1 Å².